The number of aliphatic hydroxyl groups is 8. The largest absolute Gasteiger partial charge is 0.481 e. The number of hydrogen-bond donors (Lipinski definition) is 14. The first-order valence-corrected chi connectivity index (χ1v) is 29.3. The van der Waals surface area contributed by atoms with Gasteiger partial charge in [-0.2, -0.15) is 0 Å². The van der Waals surface area contributed by atoms with Gasteiger partial charge in [0.1, 0.15) is 0 Å². The third kappa shape index (κ3) is 94.9. The van der Waals surface area contributed by atoms with Gasteiger partial charge in [-0.25, -0.2) is 0 Å². The lowest BCUT2D eigenvalue weighted by Gasteiger charge is -2.23. The van der Waals surface area contributed by atoms with Gasteiger partial charge in [-0.15, -0.1) is 0 Å². The normalized spacial score (nSPS) is 10.2. The number of rotatable bonds is 44. The summed E-state index contributed by atoms with van der Waals surface area (Å²) >= 11 is 0. The highest BCUT2D eigenvalue weighted by Crippen LogP contribution is 2.13. The summed E-state index contributed by atoms with van der Waals surface area (Å²) in [7, 11) is 0. The molecule has 0 aliphatic carbocycles. The molecule has 0 aliphatic rings. The predicted molar refractivity (Wildman–Crippen MR) is 308 cm³/mol. The average molecular weight is 1140 g/mol. The third-order valence-corrected chi connectivity index (χ3v) is 11.6. The molecule has 0 aromatic carbocycles. The minimum absolute atomic E-state index is 0.337. The fraction of sp³-hybridized carbons (Fsp3) is 0.897. The maximum atomic E-state index is 10.0. The molecule has 20 heteroatoms. The van der Waals surface area contributed by atoms with E-state index in [2.05, 4.69) is 41.5 Å². The highest BCUT2D eigenvalue weighted by atomic mass is 16.4. The van der Waals surface area contributed by atoms with Crippen LogP contribution in [0.25, 0.3) is 0 Å². The number of aliphatic carboxylic acids is 6. The van der Waals surface area contributed by atoms with Gasteiger partial charge in [0, 0.05) is 38.5 Å². The van der Waals surface area contributed by atoms with Crippen molar-refractivity contribution >= 4 is 35.8 Å². The van der Waals surface area contributed by atoms with Gasteiger partial charge in [0.25, 0.3) is 0 Å². The molecule has 20 nitrogen and oxygen atoms in total. The van der Waals surface area contributed by atoms with Crippen LogP contribution in [0.15, 0.2) is 0 Å². The SMILES string of the molecule is CCCCCCCC(=O)O.CCCCCCCC(=O)O.CCCCCCCC(=O)O.CCCCCCCC(=O)O.CCCCCCCC(=O)O.CCCCCCCC(=O)O.OCC(CO)(CO)CO.OCC(CO)(CO)CO. The molecule has 472 valence electrons. The molecule has 0 bridgehead atoms. The fourth-order valence-corrected chi connectivity index (χ4v) is 5.88. The van der Waals surface area contributed by atoms with Crippen molar-refractivity contribution in [3.05, 3.63) is 0 Å². The van der Waals surface area contributed by atoms with Crippen LogP contribution >= 0.6 is 0 Å². The summed E-state index contributed by atoms with van der Waals surface area (Å²) < 4.78 is 0. The maximum Gasteiger partial charge on any atom is 0.303 e. The smallest absolute Gasteiger partial charge is 0.303 e. The summed E-state index contributed by atoms with van der Waals surface area (Å²) in [5.41, 5.74) is -2.22. The maximum absolute atomic E-state index is 10.0. The first kappa shape index (κ1) is 91.0. The lowest BCUT2D eigenvalue weighted by molar-refractivity contribution is -0.138. The van der Waals surface area contributed by atoms with Crippen molar-refractivity contribution in [1.82, 2.24) is 0 Å². The Morgan fingerprint density at radius 1 is 0.205 bits per heavy atom. The molecule has 0 unspecified atom stereocenters. The number of carboxylic acids is 6. The van der Waals surface area contributed by atoms with E-state index in [9.17, 15) is 28.8 Å². The van der Waals surface area contributed by atoms with E-state index in [-0.39, 0.29) is 0 Å². The van der Waals surface area contributed by atoms with Crippen LogP contribution in [-0.2, 0) is 28.8 Å². The minimum atomic E-state index is -1.11. The Bertz CT molecular complexity index is 987. The van der Waals surface area contributed by atoms with Gasteiger partial charge in [-0.05, 0) is 38.5 Å². The standard InChI is InChI=1S/6C8H16O2.2C5H12O4/c6*1-2-3-4-5-6-7-8(9)10;2*6-1-5(2-7,3-8)4-9/h6*2-7H2,1H3,(H,9,10);2*6-9H,1-4H2. The van der Waals surface area contributed by atoms with Crippen molar-refractivity contribution in [1.29, 1.82) is 0 Å². The summed E-state index contributed by atoms with van der Waals surface area (Å²) in [6.45, 7) is 9.65. The highest BCUT2D eigenvalue weighted by molar-refractivity contribution is 5.68. The van der Waals surface area contributed by atoms with Crippen molar-refractivity contribution in [2.24, 2.45) is 10.8 Å². The summed E-state index contributed by atoms with van der Waals surface area (Å²) in [4.78, 5) is 60.2. The molecule has 14 N–H and O–H groups in total. The minimum Gasteiger partial charge on any atom is -0.481 e. The molecule has 0 saturated heterocycles. The van der Waals surface area contributed by atoms with E-state index in [0.29, 0.717) is 38.5 Å². The van der Waals surface area contributed by atoms with Gasteiger partial charge >= 0.3 is 35.8 Å². The Balaban J connectivity index is -0.000000120. The highest BCUT2D eigenvalue weighted by Gasteiger charge is 2.27. The Hall–Kier alpha value is -3.50. The quantitative estimate of drug-likeness (QED) is 0.0252. The van der Waals surface area contributed by atoms with Crippen LogP contribution in [0.1, 0.15) is 273 Å². The number of aliphatic hydroxyl groups excluding tert-OH is 8. The van der Waals surface area contributed by atoms with Gasteiger partial charge in [-0.3, -0.25) is 28.8 Å². The average Bonchev–Trinajstić information content (AvgIpc) is 3.41. The second-order valence-corrected chi connectivity index (χ2v) is 19.6. The third-order valence-electron chi connectivity index (χ3n) is 11.6. The zero-order valence-electron chi connectivity index (χ0n) is 49.8. The Kier molecular flexibility index (Phi) is 90.7. The molecule has 0 amide bonds. The number of carbonyl (C=O) groups is 6. The molecular weight excluding hydrogens is 1020 g/mol. The van der Waals surface area contributed by atoms with Gasteiger partial charge in [0.05, 0.1) is 63.7 Å². The molecule has 0 atom stereocenters. The fourth-order valence-electron chi connectivity index (χ4n) is 5.88. The molecule has 0 aromatic heterocycles. The summed E-state index contributed by atoms with van der Waals surface area (Å²) in [6.07, 6.45) is 35.3. The Morgan fingerprint density at radius 2 is 0.308 bits per heavy atom. The Morgan fingerprint density at radius 3 is 0.372 bits per heavy atom. The summed E-state index contributed by atoms with van der Waals surface area (Å²) in [6, 6.07) is 0. The summed E-state index contributed by atoms with van der Waals surface area (Å²) in [5.74, 6) is -4.02. The van der Waals surface area contributed by atoms with E-state index in [1.54, 1.807) is 0 Å². The molecule has 78 heavy (non-hydrogen) atoms. The van der Waals surface area contributed by atoms with Crippen molar-refractivity contribution in [2.75, 3.05) is 52.9 Å². The molecule has 0 saturated carbocycles. The van der Waals surface area contributed by atoms with Gasteiger partial charge in [0.15, 0.2) is 0 Å². The topological polar surface area (TPSA) is 386 Å². The van der Waals surface area contributed by atoms with Crippen molar-refractivity contribution < 1.29 is 100 Å². The van der Waals surface area contributed by atoms with Crippen LogP contribution in [0.5, 0.6) is 0 Å². The molecule has 0 rings (SSSR count). The second kappa shape index (κ2) is 77.7. The number of carboxylic acid groups (broad SMARTS) is 6. The molecule has 0 aliphatic heterocycles. The van der Waals surface area contributed by atoms with E-state index < -0.39 is 99.5 Å². The van der Waals surface area contributed by atoms with E-state index in [0.717, 1.165) is 77.0 Å². The van der Waals surface area contributed by atoms with E-state index >= 15 is 0 Å². The lowest BCUT2D eigenvalue weighted by Crippen LogP contribution is -2.37. The molecule has 0 radical (unpaired) electrons. The Labute approximate surface area is 471 Å². The first-order valence-electron chi connectivity index (χ1n) is 29.3. The van der Waals surface area contributed by atoms with E-state index in [1.165, 1.54) is 116 Å². The molecule has 0 fully saturated rings. The van der Waals surface area contributed by atoms with Crippen LogP contribution in [0.2, 0.25) is 0 Å². The molecular formula is C58H120O20. The first-order chi connectivity index (χ1) is 37.1. The second-order valence-electron chi connectivity index (χ2n) is 19.6. The van der Waals surface area contributed by atoms with Gasteiger partial charge in [0.2, 0.25) is 0 Å². The van der Waals surface area contributed by atoms with Crippen molar-refractivity contribution in [2.45, 2.75) is 273 Å². The van der Waals surface area contributed by atoms with Crippen LogP contribution in [0.3, 0.4) is 0 Å². The van der Waals surface area contributed by atoms with Gasteiger partial charge < -0.3 is 71.5 Å². The van der Waals surface area contributed by atoms with E-state index in [4.69, 9.17) is 71.5 Å². The zero-order valence-corrected chi connectivity index (χ0v) is 49.8. The van der Waals surface area contributed by atoms with Crippen molar-refractivity contribution in [3.63, 3.8) is 0 Å². The summed E-state index contributed by atoms with van der Waals surface area (Å²) in [5, 5.41) is 118. The van der Waals surface area contributed by atoms with Crippen LogP contribution < -0.4 is 0 Å². The van der Waals surface area contributed by atoms with E-state index in [1.807, 2.05) is 0 Å². The predicted octanol–water partition coefficient (Wildman–Crippen LogP) is 10.5. The zero-order chi connectivity index (χ0) is 61.6. The number of unbranched alkanes of at least 4 members (excludes halogenated alkanes) is 24. The molecule has 0 spiro atoms. The van der Waals surface area contributed by atoms with Gasteiger partial charge in [-0.1, -0.05) is 196 Å². The molecule has 0 heterocycles. The van der Waals surface area contributed by atoms with Crippen LogP contribution in [0.4, 0.5) is 0 Å². The van der Waals surface area contributed by atoms with Crippen molar-refractivity contribution in [3.8, 4) is 0 Å². The van der Waals surface area contributed by atoms with Crippen LogP contribution in [0, 0.1) is 10.8 Å². The van der Waals surface area contributed by atoms with Crippen LogP contribution in [-0.4, -0.2) is 160 Å². The molecule has 0 aromatic rings. The number of hydrogen-bond acceptors (Lipinski definition) is 14. The monoisotopic (exact) mass is 1140 g/mol. The lowest BCUT2D eigenvalue weighted by atomic mass is 9.93.